The minimum absolute atomic E-state index is 0.0501. The second-order valence-corrected chi connectivity index (χ2v) is 4.91. The van der Waals surface area contributed by atoms with E-state index in [1.165, 1.54) is 4.68 Å². The fraction of sp³-hybridized carbons (Fsp3) is 0.667. The number of rotatable bonds is 5. The first-order valence-corrected chi connectivity index (χ1v) is 6.67. The van der Waals surface area contributed by atoms with Gasteiger partial charge in [-0.3, -0.25) is 0 Å². The number of ether oxygens (including phenoxy) is 2. The molecule has 6 heteroatoms. The molecule has 1 atom stereocenters. The number of unbranched alkanes of at least 4 members (excludes halogenated alkanes) is 1. The lowest BCUT2D eigenvalue weighted by molar-refractivity contribution is 0.0562. The fourth-order valence-electron chi connectivity index (χ4n) is 2.03. The standard InChI is InChI=1S/C12H19N3O2S/c1-3-4-5-16-7-9-6-10-8(2)14-15(12(13)18)11(10)17-9/h9H,3-7H2,1-2H3,(H2,13,18)/t9-/m0/s1. The second-order valence-electron chi connectivity index (χ2n) is 4.49. The third kappa shape index (κ3) is 2.64. The zero-order valence-electron chi connectivity index (χ0n) is 10.8. The van der Waals surface area contributed by atoms with Gasteiger partial charge in [0.05, 0.1) is 12.3 Å². The molecule has 100 valence electrons. The summed E-state index contributed by atoms with van der Waals surface area (Å²) >= 11 is 4.94. The highest BCUT2D eigenvalue weighted by Crippen LogP contribution is 2.31. The van der Waals surface area contributed by atoms with Crippen LogP contribution in [0.4, 0.5) is 0 Å². The van der Waals surface area contributed by atoms with Crippen LogP contribution in [-0.4, -0.2) is 34.2 Å². The van der Waals surface area contributed by atoms with Crippen LogP contribution in [0.2, 0.25) is 0 Å². The number of aromatic nitrogens is 2. The molecule has 1 aromatic rings. The molecule has 0 amide bonds. The highest BCUT2D eigenvalue weighted by atomic mass is 32.1. The summed E-state index contributed by atoms with van der Waals surface area (Å²) in [7, 11) is 0. The van der Waals surface area contributed by atoms with Gasteiger partial charge in [0, 0.05) is 18.6 Å². The van der Waals surface area contributed by atoms with Crippen molar-refractivity contribution in [3.63, 3.8) is 0 Å². The molecule has 2 heterocycles. The van der Waals surface area contributed by atoms with Crippen molar-refractivity contribution < 1.29 is 9.47 Å². The van der Waals surface area contributed by atoms with E-state index in [1.54, 1.807) is 0 Å². The van der Waals surface area contributed by atoms with Gasteiger partial charge in [0.25, 0.3) is 0 Å². The Morgan fingerprint density at radius 1 is 1.67 bits per heavy atom. The summed E-state index contributed by atoms with van der Waals surface area (Å²) in [4.78, 5) is 0. The molecule has 1 aliphatic rings. The van der Waals surface area contributed by atoms with E-state index in [-0.39, 0.29) is 11.2 Å². The van der Waals surface area contributed by atoms with Gasteiger partial charge >= 0.3 is 0 Å². The molecular weight excluding hydrogens is 250 g/mol. The van der Waals surface area contributed by atoms with Gasteiger partial charge in [-0.25, -0.2) is 0 Å². The average molecular weight is 269 g/mol. The summed E-state index contributed by atoms with van der Waals surface area (Å²) in [6.45, 7) is 5.47. The van der Waals surface area contributed by atoms with Gasteiger partial charge in [-0.05, 0) is 25.6 Å². The number of nitrogens with two attached hydrogens (primary N) is 1. The maximum atomic E-state index is 5.81. The third-order valence-electron chi connectivity index (χ3n) is 3.00. The minimum Gasteiger partial charge on any atom is -0.471 e. The Labute approximate surface area is 112 Å². The zero-order valence-corrected chi connectivity index (χ0v) is 11.6. The minimum atomic E-state index is 0.0501. The SMILES string of the molecule is CCCCOC[C@@H]1Cc2c(C)nn(C(N)=S)c2O1. The lowest BCUT2D eigenvalue weighted by Gasteiger charge is -2.12. The van der Waals surface area contributed by atoms with Crippen molar-refractivity contribution in [2.24, 2.45) is 5.73 Å². The Kier molecular flexibility index (Phi) is 4.19. The molecule has 5 nitrogen and oxygen atoms in total. The molecule has 0 radical (unpaired) electrons. The Morgan fingerprint density at radius 3 is 3.11 bits per heavy atom. The highest BCUT2D eigenvalue weighted by molar-refractivity contribution is 7.80. The maximum absolute atomic E-state index is 5.81. The van der Waals surface area contributed by atoms with Crippen LogP contribution >= 0.6 is 12.2 Å². The summed E-state index contributed by atoms with van der Waals surface area (Å²) in [5, 5.41) is 4.48. The van der Waals surface area contributed by atoms with E-state index in [2.05, 4.69) is 12.0 Å². The topological polar surface area (TPSA) is 62.3 Å². The van der Waals surface area contributed by atoms with Crippen LogP contribution < -0.4 is 10.5 Å². The lowest BCUT2D eigenvalue weighted by atomic mass is 10.1. The van der Waals surface area contributed by atoms with Crippen LogP contribution in [0.3, 0.4) is 0 Å². The molecule has 0 aromatic carbocycles. The van der Waals surface area contributed by atoms with Crippen LogP contribution in [0.5, 0.6) is 5.88 Å². The average Bonchev–Trinajstić information content (AvgIpc) is 2.86. The Balaban J connectivity index is 1.95. The molecule has 2 N–H and O–H groups in total. The molecule has 0 aliphatic carbocycles. The van der Waals surface area contributed by atoms with Crippen molar-refractivity contribution in [2.75, 3.05) is 13.2 Å². The van der Waals surface area contributed by atoms with Gasteiger partial charge < -0.3 is 15.2 Å². The molecular formula is C12H19N3O2S. The van der Waals surface area contributed by atoms with E-state index in [9.17, 15) is 0 Å². The summed E-state index contributed by atoms with van der Waals surface area (Å²) in [6.07, 6.45) is 3.09. The summed E-state index contributed by atoms with van der Waals surface area (Å²) < 4.78 is 12.9. The van der Waals surface area contributed by atoms with Crippen LogP contribution in [0.1, 0.15) is 31.0 Å². The molecule has 0 saturated heterocycles. The first-order chi connectivity index (χ1) is 8.63. The van der Waals surface area contributed by atoms with Gasteiger partial charge in [0.2, 0.25) is 5.88 Å². The van der Waals surface area contributed by atoms with E-state index < -0.39 is 0 Å². The molecule has 0 unspecified atom stereocenters. The summed E-state index contributed by atoms with van der Waals surface area (Å²) in [5.41, 5.74) is 7.62. The monoisotopic (exact) mass is 269 g/mol. The molecule has 18 heavy (non-hydrogen) atoms. The van der Waals surface area contributed by atoms with Crippen LogP contribution in [0.25, 0.3) is 0 Å². The van der Waals surface area contributed by atoms with Gasteiger partial charge in [0.15, 0.2) is 5.11 Å². The van der Waals surface area contributed by atoms with Crippen molar-refractivity contribution in [2.45, 2.75) is 39.2 Å². The second kappa shape index (κ2) is 5.67. The number of hydrogen-bond acceptors (Lipinski definition) is 4. The normalized spacial score (nSPS) is 17.6. The molecule has 1 aromatic heterocycles. The highest BCUT2D eigenvalue weighted by Gasteiger charge is 2.30. The first kappa shape index (κ1) is 13.3. The van der Waals surface area contributed by atoms with Crippen LogP contribution in [-0.2, 0) is 11.2 Å². The molecule has 2 rings (SSSR count). The van der Waals surface area contributed by atoms with Gasteiger partial charge in [-0.2, -0.15) is 9.78 Å². The number of thiocarbonyl (C=S) groups is 1. The molecule has 0 saturated carbocycles. The Morgan fingerprint density at radius 2 is 2.44 bits per heavy atom. The van der Waals surface area contributed by atoms with Crippen LogP contribution in [0.15, 0.2) is 0 Å². The molecule has 0 spiro atoms. The van der Waals surface area contributed by atoms with E-state index in [0.717, 1.165) is 37.1 Å². The Hall–Kier alpha value is -1.14. The van der Waals surface area contributed by atoms with Crippen LogP contribution in [0, 0.1) is 6.92 Å². The zero-order chi connectivity index (χ0) is 13.1. The maximum Gasteiger partial charge on any atom is 0.222 e. The largest absolute Gasteiger partial charge is 0.471 e. The van der Waals surface area contributed by atoms with E-state index in [1.807, 2.05) is 6.92 Å². The number of hydrogen-bond donors (Lipinski definition) is 1. The Bertz CT molecular complexity index is 445. The van der Waals surface area contributed by atoms with Gasteiger partial charge in [0.1, 0.15) is 6.10 Å². The molecule has 0 bridgehead atoms. The van der Waals surface area contributed by atoms with E-state index in [4.69, 9.17) is 27.4 Å². The summed E-state index contributed by atoms with van der Waals surface area (Å²) in [6, 6.07) is 0. The number of fused-ring (bicyclic) bond motifs is 1. The van der Waals surface area contributed by atoms with Crippen molar-refractivity contribution >= 4 is 17.3 Å². The van der Waals surface area contributed by atoms with E-state index >= 15 is 0 Å². The quantitative estimate of drug-likeness (QED) is 0.647. The number of nitrogens with zero attached hydrogens (tertiary/aromatic N) is 2. The lowest BCUT2D eigenvalue weighted by Crippen LogP contribution is -2.25. The molecule has 1 aliphatic heterocycles. The number of aryl methyl sites for hydroxylation is 1. The fourth-order valence-corrected chi connectivity index (χ4v) is 2.15. The predicted molar refractivity (Wildman–Crippen MR) is 73.0 cm³/mol. The third-order valence-corrected chi connectivity index (χ3v) is 3.18. The van der Waals surface area contributed by atoms with Crippen molar-refractivity contribution in [3.8, 4) is 5.88 Å². The smallest absolute Gasteiger partial charge is 0.222 e. The van der Waals surface area contributed by atoms with Gasteiger partial charge in [-0.15, -0.1) is 0 Å². The predicted octanol–water partition coefficient (Wildman–Crippen LogP) is 1.40. The summed E-state index contributed by atoms with van der Waals surface area (Å²) in [5.74, 6) is 0.684. The molecule has 0 fully saturated rings. The first-order valence-electron chi connectivity index (χ1n) is 6.26. The van der Waals surface area contributed by atoms with Crippen molar-refractivity contribution in [1.29, 1.82) is 0 Å². The van der Waals surface area contributed by atoms with Crippen molar-refractivity contribution in [1.82, 2.24) is 9.78 Å². The van der Waals surface area contributed by atoms with Gasteiger partial charge in [-0.1, -0.05) is 13.3 Å². The van der Waals surface area contributed by atoms with Crippen molar-refractivity contribution in [3.05, 3.63) is 11.3 Å². The van der Waals surface area contributed by atoms with E-state index in [0.29, 0.717) is 12.5 Å².